The smallest absolute Gasteiger partial charge is 0.237 e. The van der Waals surface area contributed by atoms with E-state index in [0.717, 1.165) is 23.4 Å². The third-order valence-corrected chi connectivity index (χ3v) is 8.29. The molecular weight excluding hydrogens is 394 g/mol. The lowest BCUT2D eigenvalue weighted by molar-refractivity contribution is -0.119. The van der Waals surface area contributed by atoms with Crippen LogP contribution in [0.1, 0.15) is 49.6 Å². The molecule has 0 radical (unpaired) electrons. The number of aryl methyl sites for hydroxylation is 1. The maximum Gasteiger partial charge on any atom is 0.237 e. The number of nitrogens with one attached hydrogen (secondary N) is 1. The number of carbonyl (C=O) groups is 1. The first-order valence-corrected chi connectivity index (χ1v) is 12.5. The number of amides is 1. The minimum absolute atomic E-state index is 0.0460. The quantitative estimate of drug-likeness (QED) is 0.773. The molecule has 28 heavy (non-hydrogen) atoms. The summed E-state index contributed by atoms with van der Waals surface area (Å²) < 4.78 is 23.6. The Morgan fingerprint density at radius 2 is 1.89 bits per heavy atom. The third-order valence-electron chi connectivity index (χ3n) is 6.18. The number of aromatic nitrogens is 2. The van der Waals surface area contributed by atoms with E-state index in [1.807, 2.05) is 19.1 Å². The fraction of sp³-hybridized carbons (Fsp3) is 0.550. The van der Waals surface area contributed by atoms with Crippen LogP contribution >= 0.6 is 11.3 Å². The van der Waals surface area contributed by atoms with E-state index >= 15 is 0 Å². The lowest BCUT2D eigenvalue weighted by Crippen LogP contribution is -2.31. The van der Waals surface area contributed by atoms with Gasteiger partial charge in [-0.3, -0.25) is 10.1 Å². The highest BCUT2D eigenvalue weighted by atomic mass is 32.2. The second kappa shape index (κ2) is 7.22. The molecule has 0 aliphatic heterocycles. The van der Waals surface area contributed by atoms with Gasteiger partial charge < -0.3 is 0 Å². The normalized spacial score (nSPS) is 25.0. The highest BCUT2D eigenvalue weighted by Crippen LogP contribution is 2.61. The first kappa shape index (κ1) is 19.5. The van der Waals surface area contributed by atoms with Crippen molar-refractivity contribution in [1.82, 2.24) is 10.2 Å². The van der Waals surface area contributed by atoms with Gasteiger partial charge in [-0.15, -0.1) is 10.2 Å². The van der Waals surface area contributed by atoms with Crippen molar-refractivity contribution in [2.75, 3.05) is 11.6 Å². The largest absolute Gasteiger partial charge is 0.300 e. The number of carbonyl (C=O) groups excluding carboxylic acids is 1. The van der Waals surface area contributed by atoms with E-state index in [4.69, 9.17) is 0 Å². The Balaban J connectivity index is 1.64. The number of benzene rings is 1. The van der Waals surface area contributed by atoms with Gasteiger partial charge in [0.05, 0.1) is 10.3 Å². The molecule has 1 heterocycles. The standard InChI is InChI=1S/C20H25N3O3S2/c1-3-17-22-23-19(27-17)21-18(24)20(12-16(20)13-6-4-5-7-13)14-8-10-15(11-9-14)28(2,25)26/h8-11,13,16H,3-7,12H2,1-2H3,(H,21,23,24). The lowest BCUT2D eigenvalue weighted by atomic mass is 9.87. The zero-order chi connectivity index (χ0) is 19.9. The summed E-state index contributed by atoms with van der Waals surface area (Å²) in [6.07, 6.45) is 7.57. The number of hydrogen-bond donors (Lipinski definition) is 1. The highest BCUT2D eigenvalue weighted by Gasteiger charge is 2.63. The Hall–Kier alpha value is -1.80. The molecule has 1 aromatic carbocycles. The van der Waals surface area contributed by atoms with Crippen molar-refractivity contribution in [3.8, 4) is 0 Å². The van der Waals surface area contributed by atoms with E-state index in [-0.39, 0.29) is 10.8 Å². The second-order valence-corrected chi connectivity index (χ2v) is 11.0. The summed E-state index contributed by atoms with van der Waals surface area (Å²) in [4.78, 5) is 13.6. The van der Waals surface area contributed by atoms with Gasteiger partial charge in [-0.05, 0) is 42.4 Å². The third kappa shape index (κ3) is 3.48. The van der Waals surface area contributed by atoms with Crippen molar-refractivity contribution in [1.29, 1.82) is 0 Å². The predicted molar refractivity (Wildman–Crippen MR) is 109 cm³/mol. The topological polar surface area (TPSA) is 89.0 Å². The van der Waals surface area contributed by atoms with Crippen molar-refractivity contribution in [3.63, 3.8) is 0 Å². The van der Waals surface area contributed by atoms with Gasteiger partial charge in [-0.25, -0.2) is 8.42 Å². The van der Waals surface area contributed by atoms with Crippen LogP contribution in [0.25, 0.3) is 0 Å². The van der Waals surface area contributed by atoms with Crippen molar-refractivity contribution < 1.29 is 13.2 Å². The summed E-state index contributed by atoms with van der Waals surface area (Å²) >= 11 is 1.41. The molecular formula is C20H25N3O3S2. The Kier molecular flexibility index (Phi) is 5.03. The van der Waals surface area contributed by atoms with Gasteiger partial charge in [-0.2, -0.15) is 0 Å². The molecule has 0 spiro atoms. The number of rotatable bonds is 6. The van der Waals surface area contributed by atoms with Crippen molar-refractivity contribution in [2.45, 2.75) is 55.8 Å². The Morgan fingerprint density at radius 1 is 1.21 bits per heavy atom. The summed E-state index contributed by atoms with van der Waals surface area (Å²) in [6, 6.07) is 6.85. The van der Waals surface area contributed by atoms with Crippen molar-refractivity contribution in [3.05, 3.63) is 34.8 Å². The Morgan fingerprint density at radius 3 is 2.46 bits per heavy atom. The fourth-order valence-electron chi connectivity index (χ4n) is 4.60. The molecule has 2 atom stereocenters. The lowest BCUT2D eigenvalue weighted by Gasteiger charge is -2.20. The Labute approximate surface area is 169 Å². The number of sulfone groups is 1. The average molecular weight is 420 g/mol. The van der Waals surface area contributed by atoms with E-state index in [1.165, 1.54) is 43.3 Å². The molecule has 1 amide bonds. The SMILES string of the molecule is CCc1nnc(NC(=O)C2(c3ccc(S(C)(=O)=O)cc3)CC2C2CCCC2)s1. The number of hydrogen-bond acceptors (Lipinski definition) is 6. The van der Waals surface area contributed by atoms with Crippen LogP contribution in [0.5, 0.6) is 0 Å². The maximum absolute atomic E-state index is 13.4. The van der Waals surface area contributed by atoms with Crippen LogP contribution in [0.3, 0.4) is 0 Å². The Bertz CT molecular complexity index is 978. The predicted octanol–water partition coefficient (Wildman–Crippen LogP) is 3.59. The van der Waals surface area contributed by atoms with Gasteiger partial charge in [0.2, 0.25) is 11.0 Å². The van der Waals surface area contributed by atoms with E-state index < -0.39 is 15.3 Å². The molecule has 2 aliphatic carbocycles. The van der Waals surface area contributed by atoms with Gasteiger partial charge in [-0.1, -0.05) is 56.1 Å². The van der Waals surface area contributed by atoms with E-state index in [2.05, 4.69) is 15.5 Å². The summed E-state index contributed by atoms with van der Waals surface area (Å²) in [5.74, 6) is 0.814. The molecule has 6 nitrogen and oxygen atoms in total. The number of anilines is 1. The minimum Gasteiger partial charge on any atom is -0.300 e. The van der Waals surface area contributed by atoms with Gasteiger partial charge in [0.1, 0.15) is 5.01 Å². The molecule has 1 N–H and O–H groups in total. The van der Waals surface area contributed by atoms with Crippen LogP contribution in [-0.4, -0.2) is 30.8 Å². The second-order valence-electron chi connectivity index (χ2n) is 7.93. The first-order valence-electron chi connectivity index (χ1n) is 9.79. The molecule has 2 aliphatic rings. The van der Waals surface area contributed by atoms with Gasteiger partial charge in [0, 0.05) is 6.26 Å². The van der Waals surface area contributed by atoms with Crippen LogP contribution < -0.4 is 5.32 Å². The highest BCUT2D eigenvalue weighted by molar-refractivity contribution is 7.90. The van der Waals surface area contributed by atoms with Crippen LogP contribution in [0.2, 0.25) is 0 Å². The summed E-state index contributed by atoms with van der Waals surface area (Å²) in [5.41, 5.74) is 0.304. The van der Waals surface area contributed by atoms with Crippen molar-refractivity contribution >= 4 is 32.2 Å². The van der Waals surface area contributed by atoms with Crippen LogP contribution in [-0.2, 0) is 26.5 Å². The molecule has 8 heteroatoms. The monoisotopic (exact) mass is 419 g/mol. The van der Waals surface area contributed by atoms with E-state index in [9.17, 15) is 13.2 Å². The molecule has 2 saturated carbocycles. The van der Waals surface area contributed by atoms with E-state index in [1.54, 1.807) is 12.1 Å². The zero-order valence-electron chi connectivity index (χ0n) is 16.1. The molecule has 0 bridgehead atoms. The van der Waals surface area contributed by atoms with Gasteiger partial charge in [0.25, 0.3) is 0 Å². The van der Waals surface area contributed by atoms with E-state index in [0.29, 0.717) is 17.0 Å². The molecule has 2 aromatic rings. The minimum atomic E-state index is -3.26. The molecule has 4 rings (SSSR count). The van der Waals surface area contributed by atoms with Gasteiger partial charge in [0.15, 0.2) is 9.84 Å². The molecule has 2 unspecified atom stereocenters. The maximum atomic E-state index is 13.4. The fourth-order valence-corrected chi connectivity index (χ4v) is 5.90. The van der Waals surface area contributed by atoms with Crippen LogP contribution in [0.15, 0.2) is 29.2 Å². The van der Waals surface area contributed by atoms with Crippen LogP contribution in [0, 0.1) is 11.8 Å². The average Bonchev–Trinajstić information content (AvgIpc) is 3.01. The van der Waals surface area contributed by atoms with Crippen molar-refractivity contribution in [2.24, 2.45) is 11.8 Å². The summed E-state index contributed by atoms with van der Waals surface area (Å²) in [5, 5.41) is 12.6. The van der Waals surface area contributed by atoms with Gasteiger partial charge >= 0.3 is 0 Å². The number of nitrogens with zero attached hydrogens (tertiary/aromatic N) is 2. The molecule has 1 aromatic heterocycles. The molecule has 0 saturated heterocycles. The summed E-state index contributed by atoms with van der Waals surface area (Å²) in [6.45, 7) is 2.01. The molecule has 2 fully saturated rings. The van der Waals surface area contributed by atoms with Crippen LogP contribution in [0.4, 0.5) is 5.13 Å². The molecule has 150 valence electrons. The summed E-state index contributed by atoms with van der Waals surface area (Å²) in [7, 11) is -3.26. The first-order chi connectivity index (χ1) is 13.3. The zero-order valence-corrected chi connectivity index (χ0v) is 17.8.